The number of Topliss-reactive ketones (excluding diaryl/α,β-unsaturated/α-hetero) is 1. The first-order valence-electron chi connectivity index (χ1n) is 11.2. The maximum absolute atomic E-state index is 13.4. The van der Waals surface area contributed by atoms with Gasteiger partial charge in [0.25, 0.3) is 0 Å². The number of hydrazine groups is 1. The molecule has 1 aromatic heterocycles. The Morgan fingerprint density at radius 3 is 2.37 bits per heavy atom. The number of halogens is 4. The van der Waals surface area contributed by atoms with E-state index in [-0.39, 0.29) is 28.5 Å². The molecule has 0 saturated carbocycles. The van der Waals surface area contributed by atoms with Gasteiger partial charge in [0.1, 0.15) is 11.5 Å². The molecule has 0 saturated heterocycles. The van der Waals surface area contributed by atoms with Crippen LogP contribution in [-0.4, -0.2) is 21.6 Å². The number of ketones is 1. The SMILES string of the molecule is CSc1cccc(-c2ccc(-n3cc(C(F)(F)F)nc3C)c(N(N)/C(=C\N)C(=O)c3ccc(Cl)cc3)c2)c1. The number of nitrogens with two attached hydrogens (primary N) is 2. The highest BCUT2D eigenvalue weighted by Crippen LogP contribution is 2.35. The van der Waals surface area contributed by atoms with E-state index in [0.717, 1.165) is 33.4 Å². The Hall–Kier alpha value is -3.73. The van der Waals surface area contributed by atoms with Crippen molar-refractivity contribution in [2.45, 2.75) is 18.0 Å². The summed E-state index contributed by atoms with van der Waals surface area (Å²) in [7, 11) is 0. The van der Waals surface area contributed by atoms with Crippen molar-refractivity contribution in [2.75, 3.05) is 11.3 Å². The van der Waals surface area contributed by atoms with Crippen molar-refractivity contribution >= 4 is 34.8 Å². The van der Waals surface area contributed by atoms with Crippen molar-refractivity contribution in [3.8, 4) is 16.8 Å². The monoisotopic (exact) mass is 557 g/mol. The number of hydrogen-bond acceptors (Lipinski definition) is 6. The van der Waals surface area contributed by atoms with Gasteiger partial charge in [0, 0.05) is 27.9 Å². The maximum atomic E-state index is 13.4. The number of imidazole rings is 1. The fourth-order valence-electron chi connectivity index (χ4n) is 3.90. The first kappa shape index (κ1) is 27.3. The second-order valence-electron chi connectivity index (χ2n) is 8.23. The largest absolute Gasteiger partial charge is 0.434 e. The molecular weight excluding hydrogens is 535 g/mol. The van der Waals surface area contributed by atoms with E-state index in [1.807, 2.05) is 30.5 Å². The molecule has 0 radical (unpaired) electrons. The van der Waals surface area contributed by atoms with Crippen LogP contribution in [0, 0.1) is 6.92 Å². The van der Waals surface area contributed by atoms with E-state index in [2.05, 4.69) is 4.98 Å². The predicted molar refractivity (Wildman–Crippen MR) is 145 cm³/mol. The van der Waals surface area contributed by atoms with Crippen molar-refractivity contribution in [1.82, 2.24) is 9.55 Å². The minimum Gasteiger partial charge on any atom is -0.403 e. The summed E-state index contributed by atoms with van der Waals surface area (Å²) in [4.78, 5) is 18.0. The zero-order chi connectivity index (χ0) is 27.6. The molecule has 4 N–H and O–H groups in total. The molecule has 196 valence electrons. The zero-order valence-electron chi connectivity index (χ0n) is 20.3. The Labute approximate surface area is 226 Å². The predicted octanol–water partition coefficient (Wildman–Crippen LogP) is 6.60. The smallest absolute Gasteiger partial charge is 0.403 e. The highest BCUT2D eigenvalue weighted by atomic mass is 35.5. The highest BCUT2D eigenvalue weighted by molar-refractivity contribution is 7.98. The topological polar surface area (TPSA) is 90.2 Å². The maximum Gasteiger partial charge on any atom is 0.434 e. The number of allylic oxidation sites excluding steroid dienone is 1. The van der Waals surface area contributed by atoms with Crippen LogP contribution >= 0.6 is 23.4 Å². The Morgan fingerprint density at radius 1 is 1.08 bits per heavy atom. The van der Waals surface area contributed by atoms with Crippen LogP contribution in [0.4, 0.5) is 18.9 Å². The van der Waals surface area contributed by atoms with Gasteiger partial charge < -0.3 is 10.3 Å². The molecule has 11 heteroatoms. The molecule has 0 spiro atoms. The second kappa shape index (κ2) is 10.9. The third kappa shape index (κ3) is 5.57. The van der Waals surface area contributed by atoms with Gasteiger partial charge in [0.15, 0.2) is 5.69 Å². The number of aromatic nitrogens is 2. The molecule has 0 unspecified atom stereocenters. The quantitative estimate of drug-likeness (QED) is 0.0874. The number of nitrogens with zero attached hydrogens (tertiary/aromatic N) is 3. The molecule has 6 nitrogen and oxygen atoms in total. The Bertz CT molecular complexity index is 1520. The fourth-order valence-corrected chi connectivity index (χ4v) is 4.49. The third-order valence-corrected chi connectivity index (χ3v) is 6.80. The molecule has 0 atom stereocenters. The van der Waals surface area contributed by atoms with Crippen LogP contribution in [0.25, 0.3) is 16.8 Å². The van der Waals surface area contributed by atoms with Gasteiger partial charge in [-0.15, -0.1) is 11.8 Å². The van der Waals surface area contributed by atoms with E-state index in [1.54, 1.807) is 42.1 Å². The zero-order valence-corrected chi connectivity index (χ0v) is 21.9. The molecule has 38 heavy (non-hydrogen) atoms. The van der Waals surface area contributed by atoms with Crippen LogP contribution in [0.15, 0.2) is 89.7 Å². The van der Waals surface area contributed by atoms with Gasteiger partial charge >= 0.3 is 6.18 Å². The molecule has 0 aliphatic rings. The van der Waals surface area contributed by atoms with Crippen LogP contribution in [0.1, 0.15) is 21.9 Å². The number of alkyl halides is 3. The van der Waals surface area contributed by atoms with Crippen LogP contribution in [0.2, 0.25) is 5.02 Å². The number of rotatable bonds is 7. The molecule has 4 rings (SSSR count). The molecule has 0 amide bonds. The summed E-state index contributed by atoms with van der Waals surface area (Å²) in [5.74, 6) is 6.07. The molecule has 0 aliphatic carbocycles. The van der Waals surface area contributed by atoms with E-state index in [9.17, 15) is 18.0 Å². The average Bonchev–Trinajstić information content (AvgIpc) is 3.31. The van der Waals surface area contributed by atoms with Gasteiger partial charge in [0.05, 0.1) is 11.4 Å². The normalized spacial score (nSPS) is 12.0. The Balaban J connectivity index is 1.88. The summed E-state index contributed by atoms with van der Waals surface area (Å²) in [6.45, 7) is 1.45. The van der Waals surface area contributed by atoms with Crippen molar-refractivity contribution in [3.63, 3.8) is 0 Å². The van der Waals surface area contributed by atoms with Crippen LogP contribution in [-0.2, 0) is 6.18 Å². The number of carbonyl (C=O) groups is 1. The fraction of sp³-hybridized carbons (Fsp3) is 0.111. The first-order valence-corrected chi connectivity index (χ1v) is 12.8. The Morgan fingerprint density at radius 2 is 1.76 bits per heavy atom. The van der Waals surface area contributed by atoms with Crippen molar-refractivity contribution in [1.29, 1.82) is 0 Å². The van der Waals surface area contributed by atoms with E-state index < -0.39 is 17.7 Å². The summed E-state index contributed by atoms with van der Waals surface area (Å²) in [5.41, 5.74) is 7.11. The number of benzene rings is 3. The highest BCUT2D eigenvalue weighted by Gasteiger charge is 2.35. The number of hydrogen-bond donors (Lipinski definition) is 2. The van der Waals surface area contributed by atoms with Crippen LogP contribution in [0.3, 0.4) is 0 Å². The third-order valence-electron chi connectivity index (χ3n) is 5.83. The summed E-state index contributed by atoms with van der Waals surface area (Å²) in [5, 5.41) is 1.52. The van der Waals surface area contributed by atoms with Crippen molar-refractivity contribution in [3.05, 3.63) is 107 Å². The lowest BCUT2D eigenvalue weighted by Crippen LogP contribution is -2.35. The van der Waals surface area contributed by atoms with E-state index in [0.29, 0.717) is 5.02 Å². The molecular formula is C27H23ClF3N5OS. The minimum absolute atomic E-state index is 0.0857. The lowest BCUT2D eigenvalue weighted by Gasteiger charge is -2.25. The van der Waals surface area contributed by atoms with Gasteiger partial charge in [-0.05, 0) is 72.8 Å². The van der Waals surface area contributed by atoms with Gasteiger partial charge in [-0.1, -0.05) is 29.8 Å². The summed E-state index contributed by atoms with van der Waals surface area (Å²) in [6, 6.07) is 19.0. The van der Waals surface area contributed by atoms with E-state index in [1.165, 1.54) is 23.6 Å². The lowest BCUT2D eigenvalue weighted by molar-refractivity contribution is -0.141. The molecule has 4 aromatic rings. The standard InChI is InChI=1S/C27H23ClF3N5OS/c1-16-34-25(27(29,30)31)15-35(16)22-11-8-19(18-4-3-5-21(12-18)38-2)13-23(22)36(33)24(14-32)26(37)17-6-9-20(28)10-7-17/h3-15H,32-33H2,1-2H3/b24-14-. The average molecular weight is 558 g/mol. The van der Waals surface area contributed by atoms with E-state index >= 15 is 0 Å². The molecule has 3 aromatic carbocycles. The number of anilines is 1. The van der Waals surface area contributed by atoms with Gasteiger partial charge in [-0.3, -0.25) is 9.80 Å². The van der Waals surface area contributed by atoms with Gasteiger partial charge in [-0.25, -0.2) is 10.8 Å². The van der Waals surface area contributed by atoms with Crippen molar-refractivity contribution in [2.24, 2.45) is 11.6 Å². The number of aryl methyl sites for hydroxylation is 1. The minimum atomic E-state index is -4.64. The molecule has 0 fully saturated rings. The van der Waals surface area contributed by atoms with Gasteiger partial charge in [-0.2, -0.15) is 13.2 Å². The number of carbonyl (C=O) groups excluding carboxylic acids is 1. The summed E-state index contributed by atoms with van der Waals surface area (Å²) >= 11 is 7.52. The van der Waals surface area contributed by atoms with E-state index in [4.69, 9.17) is 23.2 Å². The summed E-state index contributed by atoms with van der Waals surface area (Å²) in [6.07, 6.45) is -0.730. The number of thioether (sulfide) groups is 1. The molecule has 0 bridgehead atoms. The summed E-state index contributed by atoms with van der Waals surface area (Å²) < 4.78 is 41.6. The lowest BCUT2D eigenvalue weighted by atomic mass is 10.0. The Kier molecular flexibility index (Phi) is 7.86. The molecule has 1 heterocycles. The first-order chi connectivity index (χ1) is 18.0. The second-order valence-corrected chi connectivity index (χ2v) is 9.55. The van der Waals surface area contributed by atoms with Crippen molar-refractivity contribution < 1.29 is 18.0 Å². The van der Waals surface area contributed by atoms with Crippen LogP contribution in [0.5, 0.6) is 0 Å². The molecule has 0 aliphatic heterocycles. The van der Waals surface area contributed by atoms with Crippen LogP contribution < -0.4 is 16.6 Å². The van der Waals surface area contributed by atoms with Gasteiger partial charge in [0.2, 0.25) is 5.78 Å².